The van der Waals surface area contributed by atoms with Gasteiger partial charge in [-0.3, -0.25) is 4.72 Å². The van der Waals surface area contributed by atoms with E-state index in [0.717, 1.165) is 28.2 Å². The highest BCUT2D eigenvalue weighted by Gasteiger charge is 2.21. The van der Waals surface area contributed by atoms with Crippen molar-refractivity contribution in [2.75, 3.05) is 4.72 Å². The molecule has 33 heavy (non-hydrogen) atoms. The zero-order valence-corrected chi connectivity index (χ0v) is 20.0. The summed E-state index contributed by atoms with van der Waals surface area (Å²) in [5.41, 5.74) is 4.97. The van der Waals surface area contributed by atoms with Crippen molar-refractivity contribution in [2.24, 2.45) is 0 Å². The van der Waals surface area contributed by atoms with E-state index in [0.29, 0.717) is 11.3 Å². The third-order valence-electron chi connectivity index (χ3n) is 4.80. The molecule has 2 N–H and O–H groups in total. The van der Waals surface area contributed by atoms with Crippen LogP contribution in [0.1, 0.15) is 11.4 Å². The largest absolute Gasteiger partial charge is 0.558 e. The fraction of sp³-hybridized carbons (Fsp3) is 0.0952. The Kier molecular flexibility index (Phi) is 6.01. The Morgan fingerprint density at radius 1 is 0.848 bits per heavy atom. The molecule has 2 heterocycles. The van der Waals surface area contributed by atoms with Crippen LogP contribution >= 0.6 is 11.3 Å². The number of hydrogen-bond donors (Lipinski definition) is 1. The summed E-state index contributed by atoms with van der Waals surface area (Å²) in [5, 5.41) is 13.6. The first kappa shape index (κ1) is 23.0. The van der Waals surface area contributed by atoms with Gasteiger partial charge in [-0.2, -0.15) is 4.57 Å². The number of nitrogens with zero attached hydrogens (tertiary/aromatic N) is 3. The topological polar surface area (TPSA) is 134 Å². The number of rotatable bonds is 6. The molecule has 0 unspecified atom stereocenters. The van der Waals surface area contributed by atoms with Crippen LogP contribution in [0.15, 0.2) is 76.0 Å². The van der Waals surface area contributed by atoms with Gasteiger partial charge in [0.15, 0.2) is 11.4 Å². The smallest absolute Gasteiger partial charge is 0.263 e. The summed E-state index contributed by atoms with van der Waals surface area (Å²) < 4.78 is 51.4. The maximum Gasteiger partial charge on any atom is 0.263 e. The van der Waals surface area contributed by atoms with E-state index in [2.05, 4.69) is 27.1 Å². The number of benzene rings is 2. The molecule has 9 nitrogen and oxygen atoms in total. The van der Waals surface area contributed by atoms with Gasteiger partial charge in [0.25, 0.3) is 10.0 Å². The molecule has 0 atom stereocenters. The summed E-state index contributed by atoms with van der Waals surface area (Å²) in [5.74, 6) is 0. The molecule has 0 bridgehead atoms. The van der Waals surface area contributed by atoms with Crippen LogP contribution in [0.4, 0.5) is 5.13 Å². The van der Waals surface area contributed by atoms with E-state index in [4.69, 9.17) is 5.14 Å². The zero-order valence-electron chi connectivity index (χ0n) is 17.6. The van der Waals surface area contributed by atoms with Crippen LogP contribution in [0.3, 0.4) is 0 Å². The summed E-state index contributed by atoms with van der Waals surface area (Å²) in [6.45, 7) is 3.97. The molecular formula is C21H19N5O4S3. The summed E-state index contributed by atoms with van der Waals surface area (Å²) in [7, 11) is -8.33. The van der Waals surface area contributed by atoms with Gasteiger partial charge in [0, 0.05) is 38.1 Å². The molecule has 0 aliphatic carbocycles. The van der Waals surface area contributed by atoms with Crippen LogP contribution in [0, 0.1) is 13.8 Å². The van der Waals surface area contributed by atoms with Crippen LogP contribution in [0.5, 0.6) is 0 Å². The molecule has 0 spiro atoms. The highest BCUT2D eigenvalue weighted by Crippen LogP contribution is 2.24. The lowest BCUT2D eigenvalue weighted by molar-refractivity contribution is -0.609. The summed E-state index contributed by atoms with van der Waals surface area (Å²) in [4.78, 5) is -0.0199. The SMILES string of the molecule is Cc1cc(-c2ccccc2)cc(C)[n+]1-c1ccc(S(=O)(=O)Nc2nnc(S([NH-])(=O)=O)s2)cc1. The summed E-state index contributed by atoms with van der Waals surface area (Å²) in [6.07, 6.45) is 0. The molecule has 0 saturated carbocycles. The van der Waals surface area contributed by atoms with E-state index in [1.807, 2.05) is 48.7 Å². The number of anilines is 1. The molecule has 0 aliphatic heterocycles. The van der Waals surface area contributed by atoms with Gasteiger partial charge in [0.1, 0.15) is 10.0 Å². The molecule has 0 saturated heterocycles. The van der Waals surface area contributed by atoms with Crippen molar-refractivity contribution in [1.82, 2.24) is 10.2 Å². The molecular weight excluding hydrogens is 482 g/mol. The Morgan fingerprint density at radius 3 is 2.00 bits per heavy atom. The van der Waals surface area contributed by atoms with Gasteiger partial charge in [0.2, 0.25) is 15.2 Å². The fourth-order valence-corrected chi connectivity index (χ4v) is 5.94. The fourth-order valence-electron chi connectivity index (χ4n) is 3.41. The average Bonchev–Trinajstić information content (AvgIpc) is 3.23. The molecule has 0 fully saturated rings. The predicted octanol–water partition coefficient (Wildman–Crippen LogP) is 3.64. The standard InChI is InChI=1S/C21H19N5O4S3/c1-14-12-17(16-6-4-3-5-7-16)13-15(2)26(14)18-8-10-19(11-9-18)33(29,30)25-20-23-24-21(31-20)32(22,27)28/h3-13H,1-2H3,(H2-,22,23,25,27,28). The van der Waals surface area contributed by atoms with Gasteiger partial charge in [-0.25, -0.2) is 16.8 Å². The molecule has 12 heteroatoms. The first-order valence-electron chi connectivity index (χ1n) is 9.60. The lowest BCUT2D eigenvalue weighted by Crippen LogP contribution is -2.37. The van der Waals surface area contributed by atoms with Gasteiger partial charge < -0.3 is 5.14 Å². The van der Waals surface area contributed by atoms with Crippen molar-refractivity contribution in [1.29, 1.82) is 0 Å². The Hall–Kier alpha value is -3.19. The summed E-state index contributed by atoms with van der Waals surface area (Å²) >= 11 is 0.473. The first-order chi connectivity index (χ1) is 15.5. The third kappa shape index (κ3) is 4.93. The van der Waals surface area contributed by atoms with E-state index in [1.165, 1.54) is 12.1 Å². The van der Waals surface area contributed by atoms with E-state index in [1.54, 1.807) is 12.1 Å². The Balaban J connectivity index is 1.61. The molecule has 4 aromatic rings. The Bertz CT molecular complexity index is 1510. The number of pyridine rings is 1. The van der Waals surface area contributed by atoms with Gasteiger partial charge in [-0.1, -0.05) is 41.7 Å². The van der Waals surface area contributed by atoms with Crippen LogP contribution < -0.4 is 9.29 Å². The van der Waals surface area contributed by atoms with Crippen molar-refractivity contribution in [3.63, 3.8) is 0 Å². The predicted molar refractivity (Wildman–Crippen MR) is 125 cm³/mol. The first-order valence-corrected chi connectivity index (χ1v) is 13.4. The minimum atomic E-state index is -4.31. The van der Waals surface area contributed by atoms with Crippen LogP contribution in [-0.4, -0.2) is 27.0 Å². The lowest BCUT2D eigenvalue weighted by atomic mass is 10.0. The molecule has 2 aromatic heterocycles. The van der Waals surface area contributed by atoms with E-state index >= 15 is 0 Å². The number of nitrogens with one attached hydrogen (secondary N) is 2. The highest BCUT2D eigenvalue weighted by atomic mass is 32.2. The molecule has 0 amide bonds. The number of hydrogen-bond acceptors (Lipinski definition) is 7. The Morgan fingerprint density at radius 2 is 1.45 bits per heavy atom. The summed E-state index contributed by atoms with van der Waals surface area (Å²) in [6, 6.07) is 20.5. The maximum absolute atomic E-state index is 12.7. The second-order valence-corrected chi connectivity index (χ2v) is 11.5. The molecule has 0 aliphatic rings. The second-order valence-electron chi connectivity index (χ2n) is 7.20. The third-order valence-corrected chi connectivity index (χ3v) is 8.37. The van der Waals surface area contributed by atoms with Crippen LogP contribution in [0.2, 0.25) is 0 Å². The quantitative estimate of drug-likeness (QED) is 0.401. The number of sulfonamides is 2. The van der Waals surface area contributed by atoms with E-state index < -0.39 is 24.4 Å². The van der Waals surface area contributed by atoms with Gasteiger partial charge in [0.05, 0.1) is 4.90 Å². The number of aryl methyl sites for hydroxylation is 2. The zero-order chi connectivity index (χ0) is 23.8. The van der Waals surface area contributed by atoms with Gasteiger partial charge in [-0.05, 0) is 23.3 Å². The lowest BCUT2D eigenvalue weighted by Gasteiger charge is -2.08. The van der Waals surface area contributed by atoms with Gasteiger partial charge in [-0.15, -0.1) is 10.2 Å². The van der Waals surface area contributed by atoms with Crippen molar-refractivity contribution in [2.45, 2.75) is 23.1 Å². The van der Waals surface area contributed by atoms with Crippen molar-refractivity contribution >= 4 is 36.5 Å². The highest BCUT2D eigenvalue weighted by molar-refractivity contribution is 7.95. The second kappa shape index (κ2) is 8.63. The van der Waals surface area contributed by atoms with Crippen LogP contribution in [-0.2, 0) is 20.0 Å². The average molecular weight is 502 g/mol. The van der Waals surface area contributed by atoms with Crippen molar-refractivity contribution < 1.29 is 21.4 Å². The van der Waals surface area contributed by atoms with E-state index in [-0.39, 0.29) is 10.0 Å². The number of aromatic nitrogens is 3. The normalized spacial score (nSPS) is 12.0. The maximum atomic E-state index is 12.7. The monoisotopic (exact) mass is 501 g/mol. The van der Waals surface area contributed by atoms with Crippen molar-refractivity contribution in [3.8, 4) is 16.8 Å². The van der Waals surface area contributed by atoms with E-state index in [9.17, 15) is 16.8 Å². The minimum Gasteiger partial charge on any atom is -0.558 e. The van der Waals surface area contributed by atoms with Crippen LogP contribution in [0.25, 0.3) is 22.0 Å². The molecule has 170 valence electrons. The van der Waals surface area contributed by atoms with Gasteiger partial charge >= 0.3 is 0 Å². The van der Waals surface area contributed by atoms with Crippen molar-refractivity contribution in [3.05, 3.63) is 83.3 Å². The Labute approximate surface area is 195 Å². The minimum absolute atomic E-state index is 0.0199. The molecule has 4 rings (SSSR count). The molecule has 2 aromatic carbocycles. The molecule has 0 radical (unpaired) electrons.